The molecule has 3 aliphatic rings. The number of rotatable bonds is 13. The van der Waals surface area contributed by atoms with E-state index in [1.807, 2.05) is 32.9 Å². The van der Waals surface area contributed by atoms with Crippen LogP contribution in [0.3, 0.4) is 0 Å². The lowest BCUT2D eigenvalue weighted by atomic mass is 9.84. The number of halogens is 1. The number of carbonyl (C=O) groups is 3. The summed E-state index contributed by atoms with van der Waals surface area (Å²) in [6.45, 7) is 11.5. The number of nitrogens with zero attached hydrogens (tertiary/aromatic N) is 3. The Hall–Kier alpha value is -3.66. The molecule has 2 saturated heterocycles. The number of amides is 2. The van der Waals surface area contributed by atoms with Crippen molar-refractivity contribution >= 4 is 23.5 Å². The van der Waals surface area contributed by atoms with Crippen LogP contribution in [0.2, 0.25) is 0 Å². The molecule has 3 aliphatic heterocycles. The van der Waals surface area contributed by atoms with Crippen LogP contribution in [0.4, 0.5) is 10.1 Å². The molecule has 2 amide bonds. The average molecular weight is 638 g/mol. The zero-order valence-corrected chi connectivity index (χ0v) is 27.8. The third-order valence-corrected chi connectivity index (χ3v) is 9.79. The molecule has 0 aliphatic carbocycles. The van der Waals surface area contributed by atoms with Crippen molar-refractivity contribution in [2.45, 2.75) is 91.1 Å². The van der Waals surface area contributed by atoms with Crippen LogP contribution in [0.1, 0.15) is 83.3 Å². The Morgan fingerprint density at radius 3 is 2.43 bits per heavy atom. The quantitative estimate of drug-likeness (QED) is 0.288. The summed E-state index contributed by atoms with van der Waals surface area (Å²) < 4.78 is 25.4. The van der Waals surface area contributed by atoms with Gasteiger partial charge in [0, 0.05) is 49.7 Å². The van der Waals surface area contributed by atoms with Crippen molar-refractivity contribution in [3.05, 3.63) is 53.3 Å². The van der Waals surface area contributed by atoms with Crippen molar-refractivity contribution in [2.24, 2.45) is 11.3 Å². The van der Waals surface area contributed by atoms with Gasteiger partial charge in [0.05, 0.1) is 12.5 Å². The predicted molar refractivity (Wildman–Crippen MR) is 174 cm³/mol. The number of aliphatic carboxylic acids is 1. The van der Waals surface area contributed by atoms with Crippen LogP contribution in [0.5, 0.6) is 11.5 Å². The molecule has 10 heteroatoms. The van der Waals surface area contributed by atoms with Crippen LogP contribution in [0.25, 0.3) is 0 Å². The molecular weight excluding hydrogens is 589 g/mol. The molecule has 0 radical (unpaired) electrons. The van der Waals surface area contributed by atoms with Gasteiger partial charge in [-0.25, -0.2) is 4.39 Å². The van der Waals surface area contributed by atoms with Crippen molar-refractivity contribution < 1.29 is 33.4 Å². The van der Waals surface area contributed by atoms with Gasteiger partial charge in [-0.15, -0.1) is 0 Å². The van der Waals surface area contributed by atoms with Crippen LogP contribution >= 0.6 is 0 Å². The normalized spacial score (nSPS) is 22.2. The molecule has 46 heavy (non-hydrogen) atoms. The van der Waals surface area contributed by atoms with Gasteiger partial charge in [0.1, 0.15) is 5.82 Å². The first-order valence-electron chi connectivity index (χ1n) is 16.6. The highest BCUT2D eigenvalue weighted by Crippen LogP contribution is 2.43. The maximum atomic E-state index is 14.4. The summed E-state index contributed by atoms with van der Waals surface area (Å²) >= 11 is 0. The minimum atomic E-state index is -0.934. The van der Waals surface area contributed by atoms with Crippen LogP contribution in [0.15, 0.2) is 36.4 Å². The number of carbonyl (C=O) groups excluding carboxylic acids is 2. The van der Waals surface area contributed by atoms with Gasteiger partial charge in [0.15, 0.2) is 11.5 Å². The largest absolute Gasteiger partial charge is 0.481 e. The number of likely N-dealkylation sites (tertiary alicyclic amines) is 2. The van der Waals surface area contributed by atoms with E-state index in [1.165, 1.54) is 6.07 Å². The fourth-order valence-corrected chi connectivity index (χ4v) is 7.66. The summed E-state index contributed by atoms with van der Waals surface area (Å²) in [7, 11) is 0. The maximum absolute atomic E-state index is 14.4. The van der Waals surface area contributed by atoms with Gasteiger partial charge in [-0.1, -0.05) is 46.6 Å². The molecule has 9 nitrogen and oxygen atoms in total. The van der Waals surface area contributed by atoms with Gasteiger partial charge < -0.3 is 24.4 Å². The number of ether oxygens (including phenoxy) is 2. The van der Waals surface area contributed by atoms with E-state index >= 15 is 0 Å². The maximum Gasteiger partial charge on any atom is 0.308 e. The first kappa shape index (κ1) is 33.7. The molecular formula is C36H48FN3O6. The van der Waals surface area contributed by atoms with Crippen molar-refractivity contribution in [2.75, 3.05) is 37.9 Å². The van der Waals surface area contributed by atoms with Crippen LogP contribution < -0.4 is 14.4 Å². The first-order valence-corrected chi connectivity index (χ1v) is 16.6. The Kier molecular flexibility index (Phi) is 10.2. The Morgan fingerprint density at radius 1 is 1.09 bits per heavy atom. The molecule has 0 saturated carbocycles. The van der Waals surface area contributed by atoms with Crippen molar-refractivity contribution in [3.8, 4) is 11.5 Å². The molecule has 0 unspecified atom stereocenters. The Balaban J connectivity index is 1.48. The van der Waals surface area contributed by atoms with E-state index in [-0.39, 0.29) is 42.4 Å². The standard InChI is InChI=1S/C36H48FN3O6/c1-6-8-25(9-7-2)40(26-11-12-28(37)23(3)16-26)33(42)20-39-19-27(24-10-13-30-31(17-24)46-22-45-30)34(35(43)44)29(39)14-15-38-21-36(4,5)18-32(38)41/h10-13,16-17,25,27,29,34H,6-9,14-15,18-22H2,1-5H3,(H,43,44)/t27-,29+,34-/m1/s1. The van der Waals surface area contributed by atoms with E-state index in [0.29, 0.717) is 55.2 Å². The SMILES string of the molecule is CCCC(CCC)N(C(=O)CN1C[C@H](c2ccc3c(c2)OCO3)[C@@H](C(=O)O)[C@@H]1CCN1CC(C)(C)CC1=O)c1ccc(F)c(C)c1. The number of fused-ring (bicyclic) bond motifs is 1. The van der Waals surface area contributed by atoms with Gasteiger partial charge in [-0.05, 0) is 73.1 Å². The molecule has 1 N–H and O–H groups in total. The van der Waals surface area contributed by atoms with E-state index in [2.05, 4.69) is 27.7 Å². The highest BCUT2D eigenvalue weighted by molar-refractivity contribution is 5.95. The van der Waals surface area contributed by atoms with Crippen LogP contribution in [-0.2, 0) is 14.4 Å². The number of hydrogen-bond donors (Lipinski definition) is 1. The van der Waals surface area contributed by atoms with Gasteiger partial charge in [0.2, 0.25) is 18.6 Å². The van der Waals surface area contributed by atoms with Crippen molar-refractivity contribution in [1.82, 2.24) is 9.80 Å². The van der Waals surface area contributed by atoms with Crippen molar-refractivity contribution in [1.29, 1.82) is 0 Å². The second kappa shape index (κ2) is 14.0. The fourth-order valence-electron chi connectivity index (χ4n) is 7.66. The molecule has 3 heterocycles. The first-order chi connectivity index (χ1) is 21.9. The number of benzene rings is 2. The van der Waals surface area contributed by atoms with Gasteiger partial charge in [0.25, 0.3) is 0 Å². The molecule has 3 atom stereocenters. The molecule has 2 aromatic rings. The van der Waals surface area contributed by atoms with Crippen LogP contribution in [-0.4, -0.2) is 77.7 Å². The Bertz CT molecular complexity index is 1440. The number of anilines is 1. The number of carboxylic acid groups (broad SMARTS) is 1. The summed E-state index contributed by atoms with van der Waals surface area (Å²) in [6.07, 6.45) is 4.25. The summed E-state index contributed by atoms with van der Waals surface area (Å²) in [5.41, 5.74) is 1.80. The third kappa shape index (κ3) is 7.17. The van der Waals surface area contributed by atoms with E-state index in [4.69, 9.17) is 9.47 Å². The Labute approximate surface area is 271 Å². The van der Waals surface area contributed by atoms with Gasteiger partial charge in [-0.2, -0.15) is 0 Å². The highest BCUT2D eigenvalue weighted by atomic mass is 19.1. The molecule has 2 fully saturated rings. The topological polar surface area (TPSA) is 99.6 Å². The zero-order valence-electron chi connectivity index (χ0n) is 27.8. The van der Waals surface area contributed by atoms with E-state index < -0.39 is 23.8 Å². The highest BCUT2D eigenvalue weighted by Gasteiger charge is 2.48. The summed E-state index contributed by atoms with van der Waals surface area (Å²) in [5, 5.41) is 10.7. The molecule has 0 bridgehead atoms. The molecule has 0 spiro atoms. The smallest absolute Gasteiger partial charge is 0.308 e. The molecule has 250 valence electrons. The molecule has 0 aromatic heterocycles. The number of carboxylic acids is 1. The van der Waals surface area contributed by atoms with Gasteiger partial charge in [-0.3, -0.25) is 19.3 Å². The van der Waals surface area contributed by atoms with Crippen LogP contribution in [0, 0.1) is 24.1 Å². The summed E-state index contributed by atoms with van der Waals surface area (Å²) in [4.78, 5) is 46.0. The summed E-state index contributed by atoms with van der Waals surface area (Å²) in [6, 6.07) is 9.78. The summed E-state index contributed by atoms with van der Waals surface area (Å²) in [5.74, 6) is -1.33. The lowest BCUT2D eigenvalue weighted by molar-refractivity contribution is -0.143. The van der Waals surface area contributed by atoms with Gasteiger partial charge >= 0.3 is 5.97 Å². The number of aryl methyl sites for hydroxylation is 1. The zero-order chi connectivity index (χ0) is 33.2. The molecule has 2 aromatic carbocycles. The third-order valence-electron chi connectivity index (χ3n) is 9.79. The predicted octanol–water partition coefficient (Wildman–Crippen LogP) is 5.98. The lowest BCUT2D eigenvalue weighted by Crippen LogP contribution is -2.48. The fraction of sp³-hybridized carbons (Fsp3) is 0.583. The molecule has 5 rings (SSSR count). The van der Waals surface area contributed by atoms with E-state index in [1.54, 1.807) is 19.1 Å². The number of hydrogen-bond acceptors (Lipinski definition) is 6. The second-order valence-corrected chi connectivity index (χ2v) is 14.0. The average Bonchev–Trinajstić information content (AvgIpc) is 3.68. The van der Waals surface area contributed by atoms with E-state index in [0.717, 1.165) is 31.2 Å². The second-order valence-electron chi connectivity index (χ2n) is 14.0. The lowest BCUT2D eigenvalue weighted by Gasteiger charge is -2.35. The monoisotopic (exact) mass is 637 g/mol. The van der Waals surface area contributed by atoms with Crippen molar-refractivity contribution in [3.63, 3.8) is 0 Å². The minimum absolute atomic E-state index is 0.00922. The Morgan fingerprint density at radius 2 is 1.80 bits per heavy atom. The minimum Gasteiger partial charge on any atom is -0.481 e. The van der Waals surface area contributed by atoms with E-state index in [9.17, 15) is 23.9 Å².